The number of nitrogens with one attached hydrogen (secondary N) is 1. The van der Waals surface area contributed by atoms with Crippen molar-refractivity contribution < 1.29 is 23.7 Å². The molecule has 2 aromatic carbocycles. The summed E-state index contributed by atoms with van der Waals surface area (Å²) in [5, 5.41) is 2.74. The monoisotopic (exact) mass is 331 g/mol. The highest BCUT2D eigenvalue weighted by molar-refractivity contribution is 5.92. The first-order chi connectivity index (χ1) is 11.6. The number of hydrogen-bond donors (Lipinski definition) is 1. The quantitative estimate of drug-likeness (QED) is 0.845. The van der Waals surface area contributed by atoms with Gasteiger partial charge < -0.3 is 24.3 Å². The average molecular weight is 331 g/mol. The number of carbonyl (C=O) groups excluding carboxylic acids is 1. The second-order valence-corrected chi connectivity index (χ2v) is 5.06. The van der Waals surface area contributed by atoms with E-state index in [0.717, 1.165) is 5.56 Å². The van der Waals surface area contributed by atoms with E-state index >= 15 is 0 Å². The molecule has 1 N–H and O–H groups in total. The van der Waals surface area contributed by atoms with Crippen LogP contribution in [0.4, 0.5) is 5.69 Å². The van der Waals surface area contributed by atoms with Gasteiger partial charge in [0.1, 0.15) is 5.75 Å². The van der Waals surface area contributed by atoms with Crippen molar-refractivity contribution in [3.8, 4) is 23.0 Å². The van der Waals surface area contributed by atoms with Crippen LogP contribution >= 0.6 is 0 Å². The van der Waals surface area contributed by atoms with Gasteiger partial charge >= 0.3 is 0 Å². The molecule has 1 amide bonds. The van der Waals surface area contributed by atoms with Gasteiger partial charge in [-0.05, 0) is 19.1 Å². The Bertz CT molecular complexity index is 672. The molecule has 0 spiro atoms. The van der Waals surface area contributed by atoms with E-state index in [4.69, 9.17) is 18.9 Å². The molecule has 128 valence electrons. The molecule has 0 saturated carbocycles. The fourth-order valence-corrected chi connectivity index (χ4v) is 2.13. The molecule has 2 aromatic rings. The van der Waals surface area contributed by atoms with Crippen LogP contribution in [0, 0.1) is 6.92 Å². The summed E-state index contributed by atoms with van der Waals surface area (Å²) in [4.78, 5) is 12.1. The minimum atomic E-state index is -0.287. The highest BCUT2D eigenvalue weighted by Crippen LogP contribution is 2.39. The highest BCUT2D eigenvalue weighted by atomic mass is 16.5. The Morgan fingerprint density at radius 2 is 1.54 bits per heavy atom. The van der Waals surface area contributed by atoms with Crippen molar-refractivity contribution >= 4 is 11.6 Å². The van der Waals surface area contributed by atoms with Crippen LogP contribution in [0.2, 0.25) is 0 Å². The lowest BCUT2D eigenvalue weighted by molar-refractivity contribution is -0.118. The van der Waals surface area contributed by atoms with Gasteiger partial charge in [-0.3, -0.25) is 4.79 Å². The molecule has 0 aliphatic heterocycles. The standard InChI is InChI=1S/C18H21NO5/c1-12-5-7-14(8-6-12)24-11-17(20)19-13-9-15(21-2)18(23-4)16(10-13)22-3/h5-10H,11H2,1-4H3,(H,19,20). The molecular weight excluding hydrogens is 310 g/mol. The fourth-order valence-electron chi connectivity index (χ4n) is 2.13. The Balaban J connectivity index is 2.04. The first kappa shape index (κ1) is 17.5. The fraction of sp³-hybridized carbons (Fsp3) is 0.278. The molecule has 24 heavy (non-hydrogen) atoms. The first-order valence-corrected chi connectivity index (χ1v) is 7.36. The van der Waals surface area contributed by atoms with Crippen molar-refractivity contribution in [1.29, 1.82) is 0 Å². The molecule has 6 nitrogen and oxygen atoms in total. The van der Waals surface area contributed by atoms with Crippen molar-refractivity contribution in [2.24, 2.45) is 0 Å². The van der Waals surface area contributed by atoms with Crippen molar-refractivity contribution in [1.82, 2.24) is 0 Å². The van der Waals surface area contributed by atoms with Crippen molar-refractivity contribution in [3.05, 3.63) is 42.0 Å². The van der Waals surface area contributed by atoms with Gasteiger partial charge in [-0.25, -0.2) is 0 Å². The minimum absolute atomic E-state index is 0.0975. The van der Waals surface area contributed by atoms with E-state index in [1.165, 1.54) is 21.3 Å². The summed E-state index contributed by atoms with van der Waals surface area (Å²) in [5.41, 5.74) is 1.66. The molecule has 0 aromatic heterocycles. The lowest BCUT2D eigenvalue weighted by Gasteiger charge is -2.14. The lowest BCUT2D eigenvalue weighted by Crippen LogP contribution is -2.20. The molecule has 0 heterocycles. The van der Waals surface area contributed by atoms with Crippen molar-refractivity contribution in [3.63, 3.8) is 0 Å². The van der Waals surface area contributed by atoms with Gasteiger partial charge in [-0.1, -0.05) is 17.7 Å². The predicted octanol–water partition coefficient (Wildman–Crippen LogP) is 3.04. The summed E-state index contributed by atoms with van der Waals surface area (Å²) < 4.78 is 21.2. The minimum Gasteiger partial charge on any atom is -0.493 e. The van der Waals surface area contributed by atoms with Crippen LogP contribution in [-0.4, -0.2) is 33.8 Å². The molecular formula is C18H21NO5. The van der Waals surface area contributed by atoms with Crippen LogP contribution in [0.15, 0.2) is 36.4 Å². The molecule has 6 heteroatoms. The molecule has 0 aliphatic carbocycles. The smallest absolute Gasteiger partial charge is 0.262 e. The van der Waals surface area contributed by atoms with E-state index in [2.05, 4.69) is 5.32 Å². The Morgan fingerprint density at radius 1 is 0.958 bits per heavy atom. The Labute approximate surface area is 141 Å². The Hall–Kier alpha value is -2.89. The largest absolute Gasteiger partial charge is 0.493 e. The van der Waals surface area contributed by atoms with Crippen LogP contribution < -0.4 is 24.3 Å². The Morgan fingerprint density at radius 3 is 2.04 bits per heavy atom. The maximum atomic E-state index is 12.1. The predicted molar refractivity (Wildman–Crippen MR) is 91.4 cm³/mol. The van der Waals surface area contributed by atoms with Gasteiger partial charge in [0, 0.05) is 17.8 Å². The molecule has 0 saturated heterocycles. The third-order valence-corrected chi connectivity index (χ3v) is 3.34. The zero-order valence-corrected chi connectivity index (χ0v) is 14.2. The zero-order chi connectivity index (χ0) is 17.5. The first-order valence-electron chi connectivity index (χ1n) is 7.36. The number of anilines is 1. The zero-order valence-electron chi connectivity index (χ0n) is 14.2. The maximum Gasteiger partial charge on any atom is 0.262 e. The summed E-state index contributed by atoms with van der Waals surface area (Å²) in [7, 11) is 4.56. The molecule has 0 bridgehead atoms. The molecule has 0 radical (unpaired) electrons. The number of hydrogen-bond acceptors (Lipinski definition) is 5. The third-order valence-electron chi connectivity index (χ3n) is 3.34. The van der Waals surface area contributed by atoms with Crippen LogP contribution in [0.5, 0.6) is 23.0 Å². The molecule has 0 aliphatic rings. The second kappa shape index (κ2) is 8.10. The summed E-state index contributed by atoms with van der Waals surface area (Å²) >= 11 is 0. The summed E-state index contributed by atoms with van der Waals surface area (Å²) in [6.07, 6.45) is 0. The average Bonchev–Trinajstić information content (AvgIpc) is 2.60. The summed E-state index contributed by atoms with van der Waals surface area (Å²) in [6.45, 7) is 1.89. The van der Waals surface area contributed by atoms with Gasteiger partial charge in [0.05, 0.1) is 21.3 Å². The lowest BCUT2D eigenvalue weighted by atomic mass is 10.2. The van der Waals surface area contributed by atoms with Gasteiger partial charge in [0.2, 0.25) is 5.75 Å². The molecule has 2 rings (SSSR count). The highest BCUT2D eigenvalue weighted by Gasteiger charge is 2.14. The van der Waals surface area contributed by atoms with E-state index in [0.29, 0.717) is 28.7 Å². The normalized spacial score (nSPS) is 10.0. The number of amides is 1. The van der Waals surface area contributed by atoms with Gasteiger partial charge in [0.15, 0.2) is 18.1 Å². The van der Waals surface area contributed by atoms with Gasteiger partial charge in [-0.2, -0.15) is 0 Å². The molecule has 0 unspecified atom stereocenters. The van der Waals surface area contributed by atoms with Crippen LogP contribution in [0.1, 0.15) is 5.56 Å². The molecule has 0 atom stereocenters. The number of aryl methyl sites for hydroxylation is 1. The third kappa shape index (κ3) is 4.32. The van der Waals surface area contributed by atoms with Crippen LogP contribution in [0.25, 0.3) is 0 Å². The number of carbonyl (C=O) groups is 1. The maximum absolute atomic E-state index is 12.1. The second-order valence-electron chi connectivity index (χ2n) is 5.06. The van der Waals surface area contributed by atoms with E-state index < -0.39 is 0 Å². The molecule has 0 fully saturated rings. The number of rotatable bonds is 7. The van der Waals surface area contributed by atoms with E-state index in [9.17, 15) is 4.79 Å². The summed E-state index contributed by atoms with van der Waals surface area (Å²) in [5.74, 6) is 1.75. The number of methoxy groups -OCH3 is 3. The number of benzene rings is 2. The van der Waals surface area contributed by atoms with Gasteiger partial charge in [0.25, 0.3) is 5.91 Å². The Kier molecular flexibility index (Phi) is 5.89. The van der Waals surface area contributed by atoms with E-state index in [-0.39, 0.29) is 12.5 Å². The van der Waals surface area contributed by atoms with E-state index in [1.807, 2.05) is 31.2 Å². The summed E-state index contributed by atoms with van der Waals surface area (Å²) in [6, 6.07) is 10.8. The van der Waals surface area contributed by atoms with Crippen molar-refractivity contribution in [2.45, 2.75) is 6.92 Å². The SMILES string of the molecule is COc1cc(NC(=O)COc2ccc(C)cc2)cc(OC)c1OC. The van der Waals surface area contributed by atoms with Crippen LogP contribution in [0.3, 0.4) is 0 Å². The number of ether oxygens (including phenoxy) is 4. The van der Waals surface area contributed by atoms with Crippen molar-refractivity contribution in [2.75, 3.05) is 33.3 Å². The van der Waals surface area contributed by atoms with E-state index in [1.54, 1.807) is 12.1 Å². The van der Waals surface area contributed by atoms with Crippen LogP contribution in [-0.2, 0) is 4.79 Å². The topological polar surface area (TPSA) is 66.0 Å². The van der Waals surface area contributed by atoms with Gasteiger partial charge in [-0.15, -0.1) is 0 Å².